The zero-order chi connectivity index (χ0) is 16.2. The average molecular weight is 314 g/mol. The van der Waals surface area contributed by atoms with E-state index >= 15 is 0 Å². The Morgan fingerprint density at radius 1 is 1.38 bits per heavy atom. The summed E-state index contributed by atoms with van der Waals surface area (Å²) in [5, 5.41) is 0. The third-order valence-corrected chi connectivity index (χ3v) is 4.26. The summed E-state index contributed by atoms with van der Waals surface area (Å²) in [6.07, 6.45) is 0. The fourth-order valence-electron chi connectivity index (χ4n) is 1.98. The van der Waals surface area contributed by atoms with E-state index in [1.807, 2.05) is 13.8 Å². The van der Waals surface area contributed by atoms with Gasteiger partial charge >= 0.3 is 0 Å². The number of hydrogen-bond donors (Lipinski definition) is 3. The highest BCUT2D eigenvalue weighted by atomic mass is 32.2. The van der Waals surface area contributed by atoms with E-state index < -0.39 is 15.9 Å². The first-order chi connectivity index (χ1) is 9.67. The number of sulfonamides is 1. The van der Waals surface area contributed by atoms with Crippen LogP contribution in [0.25, 0.3) is 0 Å². The molecule has 21 heavy (non-hydrogen) atoms. The Labute approximate surface area is 125 Å². The van der Waals surface area contributed by atoms with Crippen LogP contribution in [0.2, 0.25) is 0 Å². The van der Waals surface area contributed by atoms with Crippen LogP contribution in [0.4, 0.5) is 11.4 Å². The minimum atomic E-state index is -3.55. The summed E-state index contributed by atoms with van der Waals surface area (Å²) in [6, 6.07) is 4.41. The van der Waals surface area contributed by atoms with Crippen molar-refractivity contribution in [1.82, 2.24) is 4.72 Å². The number of nitrogens with two attached hydrogens (primary N) is 2. The second-order valence-corrected chi connectivity index (χ2v) is 7.06. The van der Waals surface area contributed by atoms with Crippen molar-refractivity contribution >= 4 is 27.3 Å². The van der Waals surface area contributed by atoms with Gasteiger partial charge in [0, 0.05) is 6.54 Å². The smallest absolute Gasteiger partial charge is 0.240 e. The summed E-state index contributed by atoms with van der Waals surface area (Å²) in [5.41, 5.74) is 12.1. The molecule has 1 rings (SSSR count). The molecule has 0 bridgehead atoms. The summed E-state index contributed by atoms with van der Waals surface area (Å²) < 4.78 is 25.7. The first-order valence-corrected chi connectivity index (χ1v) is 8.02. The van der Waals surface area contributed by atoms with E-state index in [2.05, 4.69) is 4.72 Å². The van der Waals surface area contributed by atoms with E-state index in [0.717, 1.165) is 0 Å². The Kier molecular flexibility index (Phi) is 5.56. The molecule has 0 saturated carbocycles. The first kappa shape index (κ1) is 17.3. The predicted molar refractivity (Wildman–Crippen MR) is 83.3 cm³/mol. The van der Waals surface area contributed by atoms with E-state index in [9.17, 15) is 13.2 Å². The molecule has 0 saturated heterocycles. The zero-order valence-electron chi connectivity index (χ0n) is 12.5. The fraction of sp³-hybridized carbons (Fsp3) is 0.462. The molecule has 0 aromatic heterocycles. The molecule has 8 heteroatoms. The number of nitrogens with one attached hydrogen (secondary N) is 1. The first-order valence-electron chi connectivity index (χ1n) is 6.53. The van der Waals surface area contributed by atoms with E-state index in [0.29, 0.717) is 18.2 Å². The van der Waals surface area contributed by atoms with Crippen molar-refractivity contribution in [2.24, 2.45) is 11.7 Å². The van der Waals surface area contributed by atoms with Crippen molar-refractivity contribution in [3.63, 3.8) is 0 Å². The zero-order valence-corrected chi connectivity index (χ0v) is 13.3. The standard InChI is InChI=1S/C13H22N4O3S/c1-9(2)7-17(8-13(15)18)12-5-4-10(6-11(12)14)21(19,20)16-3/h4-6,9,16H,7-8,14H2,1-3H3,(H2,15,18). The Morgan fingerprint density at radius 2 is 2.00 bits per heavy atom. The monoisotopic (exact) mass is 314 g/mol. The van der Waals surface area contributed by atoms with Gasteiger partial charge in [-0.15, -0.1) is 0 Å². The maximum Gasteiger partial charge on any atom is 0.240 e. The molecule has 0 aliphatic carbocycles. The van der Waals surface area contributed by atoms with Crippen LogP contribution in [0.3, 0.4) is 0 Å². The number of hydrogen-bond acceptors (Lipinski definition) is 5. The molecule has 118 valence electrons. The van der Waals surface area contributed by atoms with Gasteiger partial charge < -0.3 is 16.4 Å². The number of carbonyl (C=O) groups excluding carboxylic acids is 1. The third-order valence-electron chi connectivity index (χ3n) is 2.85. The van der Waals surface area contributed by atoms with Crippen molar-refractivity contribution in [3.8, 4) is 0 Å². The maximum absolute atomic E-state index is 11.7. The van der Waals surface area contributed by atoms with Crippen LogP contribution in [-0.2, 0) is 14.8 Å². The average Bonchev–Trinajstić information content (AvgIpc) is 2.36. The number of nitrogen functional groups attached to an aromatic ring is 1. The number of benzene rings is 1. The van der Waals surface area contributed by atoms with Crippen LogP contribution < -0.4 is 21.1 Å². The maximum atomic E-state index is 11.7. The van der Waals surface area contributed by atoms with Crippen molar-refractivity contribution in [2.75, 3.05) is 30.8 Å². The lowest BCUT2D eigenvalue weighted by Crippen LogP contribution is -2.36. The lowest BCUT2D eigenvalue weighted by molar-refractivity contribution is -0.116. The van der Waals surface area contributed by atoms with E-state index in [4.69, 9.17) is 11.5 Å². The van der Waals surface area contributed by atoms with Gasteiger partial charge in [-0.05, 0) is 31.2 Å². The highest BCUT2D eigenvalue weighted by molar-refractivity contribution is 7.89. The Bertz CT molecular complexity index is 614. The van der Waals surface area contributed by atoms with Crippen molar-refractivity contribution in [3.05, 3.63) is 18.2 Å². The fourth-order valence-corrected chi connectivity index (χ4v) is 2.75. The Balaban J connectivity index is 3.19. The summed E-state index contributed by atoms with van der Waals surface area (Å²) in [7, 11) is -2.22. The second kappa shape index (κ2) is 6.77. The minimum Gasteiger partial charge on any atom is -0.397 e. The molecular weight excluding hydrogens is 292 g/mol. The lowest BCUT2D eigenvalue weighted by Gasteiger charge is -2.26. The van der Waals surface area contributed by atoms with Gasteiger partial charge in [-0.25, -0.2) is 13.1 Å². The van der Waals surface area contributed by atoms with E-state index in [1.165, 1.54) is 19.2 Å². The molecule has 1 aromatic rings. The largest absolute Gasteiger partial charge is 0.397 e. The summed E-state index contributed by atoms with van der Waals surface area (Å²) in [5.74, 6) is -0.175. The summed E-state index contributed by atoms with van der Waals surface area (Å²) >= 11 is 0. The molecule has 0 aliphatic heterocycles. The molecular formula is C13H22N4O3S. The SMILES string of the molecule is CNS(=O)(=O)c1ccc(N(CC(N)=O)CC(C)C)c(N)c1. The molecule has 0 heterocycles. The second-order valence-electron chi connectivity index (χ2n) is 5.17. The molecule has 7 nitrogen and oxygen atoms in total. The van der Waals surface area contributed by atoms with Gasteiger partial charge in [-0.1, -0.05) is 13.8 Å². The molecule has 0 aliphatic rings. The van der Waals surface area contributed by atoms with Crippen molar-refractivity contribution in [2.45, 2.75) is 18.7 Å². The number of primary amides is 1. The van der Waals surface area contributed by atoms with E-state index in [1.54, 1.807) is 11.0 Å². The van der Waals surface area contributed by atoms with Gasteiger partial charge in [0.2, 0.25) is 15.9 Å². The van der Waals surface area contributed by atoms with Gasteiger partial charge in [-0.3, -0.25) is 4.79 Å². The topological polar surface area (TPSA) is 119 Å². The Hall–Kier alpha value is -1.80. The van der Waals surface area contributed by atoms with Crippen molar-refractivity contribution < 1.29 is 13.2 Å². The normalized spacial score (nSPS) is 11.6. The van der Waals surface area contributed by atoms with Gasteiger partial charge in [0.15, 0.2) is 0 Å². The molecule has 0 unspecified atom stereocenters. The Morgan fingerprint density at radius 3 is 2.43 bits per heavy atom. The summed E-state index contributed by atoms with van der Waals surface area (Å²) in [4.78, 5) is 13.0. The van der Waals surface area contributed by atoms with Gasteiger partial charge in [0.1, 0.15) is 0 Å². The number of carbonyl (C=O) groups is 1. The predicted octanol–water partition coefficient (Wildman–Crippen LogP) is 0.125. The van der Waals surface area contributed by atoms with Crippen LogP contribution in [0.5, 0.6) is 0 Å². The minimum absolute atomic E-state index is 0.0283. The number of anilines is 2. The molecule has 0 radical (unpaired) electrons. The van der Waals surface area contributed by atoms with Gasteiger partial charge in [0.05, 0.1) is 22.8 Å². The van der Waals surface area contributed by atoms with Gasteiger partial charge in [-0.2, -0.15) is 0 Å². The quantitative estimate of drug-likeness (QED) is 0.618. The molecule has 1 aromatic carbocycles. The number of amides is 1. The molecule has 0 fully saturated rings. The third kappa shape index (κ3) is 4.61. The molecule has 0 atom stereocenters. The number of rotatable bonds is 7. The molecule has 1 amide bonds. The van der Waals surface area contributed by atoms with Crippen LogP contribution in [-0.4, -0.2) is 34.5 Å². The van der Waals surface area contributed by atoms with Crippen LogP contribution in [0.1, 0.15) is 13.8 Å². The van der Waals surface area contributed by atoms with Crippen molar-refractivity contribution in [1.29, 1.82) is 0 Å². The highest BCUT2D eigenvalue weighted by Gasteiger charge is 2.17. The van der Waals surface area contributed by atoms with Gasteiger partial charge in [0.25, 0.3) is 0 Å². The molecule has 5 N–H and O–H groups in total. The number of nitrogens with zero attached hydrogens (tertiary/aromatic N) is 1. The van der Waals surface area contributed by atoms with E-state index in [-0.39, 0.29) is 17.1 Å². The van der Waals surface area contributed by atoms with Crippen LogP contribution in [0.15, 0.2) is 23.1 Å². The van der Waals surface area contributed by atoms with Crippen LogP contribution >= 0.6 is 0 Å². The lowest BCUT2D eigenvalue weighted by atomic mass is 10.1. The highest BCUT2D eigenvalue weighted by Crippen LogP contribution is 2.26. The summed E-state index contributed by atoms with van der Waals surface area (Å²) in [6.45, 7) is 4.62. The molecule has 0 spiro atoms. The van der Waals surface area contributed by atoms with Crippen LogP contribution in [0, 0.1) is 5.92 Å².